The minimum atomic E-state index is -3.93. The smallest absolute Gasteiger partial charge is 0.259 e. The molecule has 1 aromatic heterocycles. The predicted octanol–water partition coefficient (Wildman–Crippen LogP) is 2.06. The van der Waals surface area contributed by atoms with E-state index < -0.39 is 21.4 Å². The van der Waals surface area contributed by atoms with Crippen molar-refractivity contribution in [2.24, 2.45) is 0 Å². The first-order valence-electron chi connectivity index (χ1n) is 8.18. The molecule has 3 rings (SSSR count). The number of hydrogen-bond donors (Lipinski definition) is 0. The van der Waals surface area contributed by atoms with Crippen LogP contribution in [0.4, 0.5) is 4.39 Å². The molecule has 1 aliphatic rings. The SMILES string of the molecule is COc1ccc(F)cc1S(=O)(=O)Cc1cnc2c(c1)C(=O)N(C)CC(C)O2. The van der Waals surface area contributed by atoms with E-state index in [1.54, 1.807) is 7.05 Å². The average molecular weight is 394 g/mol. The van der Waals surface area contributed by atoms with Gasteiger partial charge in [-0.15, -0.1) is 0 Å². The highest BCUT2D eigenvalue weighted by Gasteiger charge is 2.27. The number of aromatic nitrogens is 1. The lowest BCUT2D eigenvalue weighted by atomic mass is 10.2. The summed E-state index contributed by atoms with van der Waals surface area (Å²) in [4.78, 5) is 17.9. The van der Waals surface area contributed by atoms with E-state index in [1.165, 1.54) is 30.3 Å². The van der Waals surface area contributed by atoms with Gasteiger partial charge in [0.1, 0.15) is 28.1 Å². The van der Waals surface area contributed by atoms with Crippen molar-refractivity contribution in [3.8, 4) is 11.6 Å². The second kappa shape index (κ2) is 7.15. The first-order chi connectivity index (χ1) is 12.7. The number of carbonyl (C=O) groups excluding carboxylic acids is 1. The Labute approximate surface area is 156 Å². The zero-order valence-corrected chi connectivity index (χ0v) is 15.9. The highest BCUT2D eigenvalue weighted by Crippen LogP contribution is 2.29. The van der Waals surface area contributed by atoms with Crippen LogP contribution in [0.5, 0.6) is 11.6 Å². The molecule has 0 saturated heterocycles. The number of methoxy groups -OCH3 is 1. The molecule has 2 aromatic rings. The third kappa shape index (κ3) is 3.87. The maximum atomic E-state index is 13.6. The van der Waals surface area contributed by atoms with Gasteiger partial charge in [0.2, 0.25) is 5.88 Å². The first kappa shape index (κ1) is 19.1. The van der Waals surface area contributed by atoms with Crippen molar-refractivity contribution in [3.63, 3.8) is 0 Å². The van der Waals surface area contributed by atoms with Gasteiger partial charge in [-0.05, 0) is 36.8 Å². The Hall–Kier alpha value is -2.68. The average Bonchev–Trinajstić information content (AvgIpc) is 2.71. The molecule has 0 radical (unpaired) electrons. The number of carbonyl (C=O) groups is 1. The number of ether oxygens (including phenoxy) is 2. The van der Waals surface area contributed by atoms with Crippen LogP contribution in [0.1, 0.15) is 22.8 Å². The Morgan fingerprint density at radius 2 is 2.11 bits per heavy atom. The normalized spacial score (nSPS) is 17.1. The summed E-state index contributed by atoms with van der Waals surface area (Å²) in [7, 11) is -0.981. The van der Waals surface area contributed by atoms with Gasteiger partial charge < -0.3 is 14.4 Å². The van der Waals surface area contributed by atoms with Gasteiger partial charge in [0.15, 0.2) is 9.84 Å². The van der Waals surface area contributed by atoms with Crippen LogP contribution in [-0.4, -0.2) is 51.0 Å². The molecule has 0 saturated carbocycles. The maximum Gasteiger partial charge on any atom is 0.259 e. The van der Waals surface area contributed by atoms with Crippen molar-refractivity contribution >= 4 is 15.7 Å². The number of hydrogen-bond acceptors (Lipinski definition) is 6. The summed E-state index contributed by atoms with van der Waals surface area (Å²) in [5, 5.41) is 0. The van der Waals surface area contributed by atoms with Crippen LogP contribution in [-0.2, 0) is 15.6 Å². The molecule has 1 unspecified atom stereocenters. The van der Waals surface area contributed by atoms with Gasteiger partial charge in [0, 0.05) is 13.2 Å². The van der Waals surface area contributed by atoms with E-state index in [2.05, 4.69) is 4.98 Å². The van der Waals surface area contributed by atoms with Crippen LogP contribution >= 0.6 is 0 Å². The Morgan fingerprint density at radius 1 is 1.37 bits per heavy atom. The van der Waals surface area contributed by atoms with Gasteiger partial charge in [0.05, 0.1) is 19.4 Å². The summed E-state index contributed by atoms with van der Waals surface area (Å²) in [6.07, 6.45) is 1.10. The zero-order valence-electron chi connectivity index (χ0n) is 15.1. The number of sulfone groups is 1. The monoisotopic (exact) mass is 394 g/mol. The van der Waals surface area contributed by atoms with Gasteiger partial charge in [-0.3, -0.25) is 4.79 Å². The third-order valence-corrected chi connectivity index (χ3v) is 5.85. The van der Waals surface area contributed by atoms with Gasteiger partial charge >= 0.3 is 0 Å². The maximum absolute atomic E-state index is 13.6. The molecule has 1 atom stereocenters. The fourth-order valence-electron chi connectivity index (χ4n) is 2.91. The van der Waals surface area contributed by atoms with E-state index >= 15 is 0 Å². The molecule has 2 heterocycles. The molecule has 0 bridgehead atoms. The minimum Gasteiger partial charge on any atom is -0.495 e. The van der Waals surface area contributed by atoms with Crippen molar-refractivity contribution in [1.29, 1.82) is 0 Å². The van der Waals surface area contributed by atoms with E-state index in [-0.39, 0.29) is 34.1 Å². The van der Waals surface area contributed by atoms with Gasteiger partial charge in [-0.25, -0.2) is 17.8 Å². The summed E-state index contributed by atoms with van der Waals surface area (Å²) in [5.41, 5.74) is 0.487. The lowest BCUT2D eigenvalue weighted by Gasteiger charge is -2.15. The third-order valence-electron chi connectivity index (χ3n) is 4.15. The summed E-state index contributed by atoms with van der Waals surface area (Å²) in [6, 6.07) is 4.73. The second-order valence-electron chi connectivity index (χ2n) is 6.36. The van der Waals surface area contributed by atoms with E-state index in [0.29, 0.717) is 12.1 Å². The Morgan fingerprint density at radius 3 is 2.81 bits per heavy atom. The van der Waals surface area contributed by atoms with Crippen molar-refractivity contribution in [3.05, 3.63) is 47.4 Å². The molecular weight excluding hydrogens is 375 g/mol. The molecule has 0 aliphatic carbocycles. The Balaban J connectivity index is 1.98. The van der Waals surface area contributed by atoms with Crippen LogP contribution < -0.4 is 9.47 Å². The van der Waals surface area contributed by atoms with Crippen LogP contribution in [0.15, 0.2) is 35.4 Å². The lowest BCUT2D eigenvalue weighted by molar-refractivity contribution is 0.0769. The van der Waals surface area contributed by atoms with E-state index in [4.69, 9.17) is 9.47 Å². The Kier molecular flexibility index (Phi) is 5.05. The highest BCUT2D eigenvalue weighted by atomic mass is 32.2. The quantitative estimate of drug-likeness (QED) is 0.789. The summed E-state index contributed by atoms with van der Waals surface area (Å²) in [6.45, 7) is 2.21. The molecule has 1 aliphatic heterocycles. The fourth-order valence-corrected chi connectivity index (χ4v) is 4.42. The summed E-state index contributed by atoms with van der Waals surface area (Å²) < 4.78 is 49.7. The minimum absolute atomic E-state index is 0.0482. The molecule has 9 heteroatoms. The van der Waals surface area contributed by atoms with Gasteiger partial charge in [-0.1, -0.05) is 0 Å². The number of fused-ring (bicyclic) bond motifs is 1. The zero-order chi connectivity index (χ0) is 19.8. The van der Waals surface area contributed by atoms with Crippen LogP contribution in [0.25, 0.3) is 0 Å². The number of halogens is 1. The van der Waals surface area contributed by atoms with E-state index in [9.17, 15) is 17.6 Å². The number of benzene rings is 1. The topological polar surface area (TPSA) is 85.8 Å². The van der Waals surface area contributed by atoms with E-state index in [1.807, 2.05) is 6.92 Å². The largest absolute Gasteiger partial charge is 0.495 e. The number of likely N-dealkylation sites (N-methyl/N-ethyl adjacent to an activating group) is 1. The van der Waals surface area contributed by atoms with Gasteiger partial charge in [-0.2, -0.15) is 0 Å². The summed E-state index contributed by atoms with van der Waals surface area (Å²) >= 11 is 0. The number of nitrogens with zero attached hydrogens (tertiary/aromatic N) is 2. The highest BCUT2D eigenvalue weighted by molar-refractivity contribution is 7.90. The van der Waals surface area contributed by atoms with Crippen LogP contribution in [0.3, 0.4) is 0 Å². The van der Waals surface area contributed by atoms with Crippen LogP contribution in [0, 0.1) is 5.82 Å². The number of pyridine rings is 1. The van der Waals surface area contributed by atoms with Crippen molar-refractivity contribution in [2.45, 2.75) is 23.7 Å². The molecule has 0 fully saturated rings. The predicted molar refractivity (Wildman–Crippen MR) is 95.1 cm³/mol. The second-order valence-corrected chi connectivity index (χ2v) is 8.32. The van der Waals surface area contributed by atoms with Crippen molar-refractivity contribution < 1.29 is 27.1 Å². The van der Waals surface area contributed by atoms with Gasteiger partial charge in [0.25, 0.3) is 5.91 Å². The van der Waals surface area contributed by atoms with Crippen molar-refractivity contribution in [2.75, 3.05) is 20.7 Å². The number of rotatable bonds is 4. The molecular formula is C18H19FN2O5S. The molecule has 144 valence electrons. The summed E-state index contributed by atoms with van der Waals surface area (Å²) in [5.74, 6) is -1.23. The number of amides is 1. The molecule has 1 aromatic carbocycles. The lowest BCUT2D eigenvalue weighted by Crippen LogP contribution is -2.32. The molecule has 0 N–H and O–H groups in total. The van der Waals surface area contributed by atoms with E-state index in [0.717, 1.165) is 12.1 Å². The van der Waals surface area contributed by atoms with Crippen molar-refractivity contribution in [1.82, 2.24) is 9.88 Å². The fraction of sp³-hybridized carbons (Fsp3) is 0.333. The molecule has 27 heavy (non-hydrogen) atoms. The Bertz CT molecular complexity index is 993. The first-order valence-corrected chi connectivity index (χ1v) is 9.84. The molecule has 7 nitrogen and oxygen atoms in total. The molecule has 1 amide bonds. The standard InChI is InChI=1S/C18H19FN2O5S/c1-11-9-21(2)18(22)14-6-12(8-20-17(14)26-11)10-27(23,24)16-7-13(19)4-5-15(16)25-3/h4-8,11H,9-10H2,1-3H3. The van der Waals surface area contributed by atoms with Crippen LogP contribution in [0.2, 0.25) is 0 Å². The molecule has 0 spiro atoms.